The summed E-state index contributed by atoms with van der Waals surface area (Å²) in [7, 11) is 0. The minimum atomic E-state index is -0.278. The first kappa shape index (κ1) is 18.4. The zero-order valence-corrected chi connectivity index (χ0v) is 17.1. The predicted molar refractivity (Wildman–Crippen MR) is 122 cm³/mol. The predicted octanol–water partition coefficient (Wildman–Crippen LogP) is 5.68. The lowest BCUT2D eigenvalue weighted by molar-refractivity contribution is 0.628. The molecule has 32 heavy (non-hydrogen) atoms. The molecule has 0 saturated carbocycles. The second-order valence-corrected chi connectivity index (χ2v) is 7.72. The van der Waals surface area contributed by atoms with Crippen LogP contribution in [0.3, 0.4) is 0 Å². The maximum atomic E-state index is 13.8. The van der Waals surface area contributed by atoms with E-state index < -0.39 is 0 Å². The summed E-state index contributed by atoms with van der Waals surface area (Å²) in [6, 6.07) is 12.6. The maximum Gasteiger partial charge on any atom is 0.123 e. The largest absolute Gasteiger partial charge is 0.352 e. The molecule has 6 rings (SSSR count). The van der Waals surface area contributed by atoms with Crippen molar-refractivity contribution >= 4 is 21.8 Å². The third-order valence-electron chi connectivity index (χ3n) is 5.70. The summed E-state index contributed by atoms with van der Waals surface area (Å²) in [5, 5.41) is 9.51. The van der Waals surface area contributed by atoms with Gasteiger partial charge in [0.25, 0.3) is 0 Å². The van der Waals surface area contributed by atoms with Gasteiger partial charge in [-0.1, -0.05) is 12.1 Å². The normalized spacial score (nSPS) is 11.4. The molecule has 0 fully saturated rings. The molecular formula is C25H17FN6. The fraction of sp³-hybridized carbons (Fsp3) is 0.0400. The SMILES string of the molecule is Cc1ccncc1-c1cc2c(-c3cc4c(-c5cccc(F)c5)cncc4[nH]3)n[nH]c2cn1. The molecule has 5 heterocycles. The maximum absolute atomic E-state index is 13.8. The molecule has 0 aliphatic rings. The van der Waals surface area contributed by atoms with Gasteiger partial charge in [0.15, 0.2) is 0 Å². The van der Waals surface area contributed by atoms with E-state index in [2.05, 4.69) is 30.1 Å². The average molecular weight is 420 g/mol. The van der Waals surface area contributed by atoms with Crippen molar-refractivity contribution in [1.29, 1.82) is 0 Å². The van der Waals surface area contributed by atoms with Crippen LogP contribution < -0.4 is 0 Å². The fourth-order valence-corrected chi connectivity index (χ4v) is 4.07. The summed E-state index contributed by atoms with van der Waals surface area (Å²) in [5.74, 6) is -0.278. The van der Waals surface area contributed by atoms with Gasteiger partial charge in [0.05, 0.1) is 34.8 Å². The lowest BCUT2D eigenvalue weighted by atomic mass is 10.0. The first-order valence-corrected chi connectivity index (χ1v) is 10.2. The molecule has 6 aromatic rings. The van der Waals surface area contributed by atoms with E-state index in [1.807, 2.05) is 37.4 Å². The van der Waals surface area contributed by atoms with Crippen LogP contribution in [-0.4, -0.2) is 30.1 Å². The summed E-state index contributed by atoms with van der Waals surface area (Å²) < 4.78 is 13.8. The standard InChI is InChI=1S/C25H17FN6/c1-14-5-6-27-10-19(14)21-9-18-24(13-29-21)31-32-25(18)22-8-17-20(11-28-12-23(17)30-22)15-3-2-4-16(26)7-15/h2-13,30H,1H3,(H,31,32). The zero-order valence-electron chi connectivity index (χ0n) is 17.1. The Balaban J connectivity index is 1.52. The van der Waals surface area contributed by atoms with E-state index in [0.717, 1.165) is 61.1 Å². The van der Waals surface area contributed by atoms with Crippen LogP contribution in [0.5, 0.6) is 0 Å². The van der Waals surface area contributed by atoms with Gasteiger partial charge in [-0.15, -0.1) is 0 Å². The monoisotopic (exact) mass is 420 g/mol. The summed E-state index contributed by atoms with van der Waals surface area (Å²) in [6.07, 6.45) is 8.90. The highest BCUT2D eigenvalue weighted by molar-refractivity contribution is 6.01. The molecule has 5 aromatic heterocycles. The van der Waals surface area contributed by atoms with Gasteiger partial charge in [-0.2, -0.15) is 5.10 Å². The molecule has 0 spiro atoms. The van der Waals surface area contributed by atoms with E-state index in [0.29, 0.717) is 0 Å². The van der Waals surface area contributed by atoms with Crippen molar-refractivity contribution in [2.45, 2.75) is 6.92 Å². The molecule has 2 N–H and O–H groups in total. The van der Waals surface area contributed by atoms with E-state index >= 15 is 0 Å². The van der Waals surface area contributed by atoms with E-state index in [4.69, 9.17) is 0 Å². The van der Waals surface area contributed by atoms with Gasteiger partial charge in [0.2, 0.25) is 0 Å². The molecule has 7 heteroatoms. The lowest BCUT2D eigenvalue weighted by Gasteiger charge is -2.04. The van der Waals surface area contributed by atoms with Crippen LogP contribution >= 0.6 is 0 Å². The number of halogens is 1. The Labute approximate surface area is 182 Å². The highest BCUT2D eigenvalue weighted by atomic mass is 19.1. The number of nitrogens with one attached hydrogen (secondary N) is 2. The molecule has 0 atom stereocenters. The van der Waals surface area contributed by atoms with Gasteiger partial charge in [-0.05, 0) is 48.4 Å². The Hall–Kier alpha value is -4.39. The molecule has 154 valence electrons. The number of aromatic amines is 2. The third-order valence-corrected chi connectivity index (χ3v) is 5.70. The highest BCUT2D eigenvalue weighted by Crippen LogP contribution is 2.34. The van der Waals surface area contributed by atoms with Crippen molar-refractivity contribution in [2.24, 2.45) is 0 Å². The quantitative estimate of drug-likeness (QED) is 0.386. The van der Waals surface area contributed by atoms with Crippen LogP contribution in [0, 0.1) is 12.7 Å². The Bertz CT molecular complexity index is 1610. The number of benzene rings is 1. The smallest absolute Gasteiger partial charge is 0.123 e. The van der Waals surface area contributed by atoms with Crippen molar-refractivity contribution in [1.82, 2.24) is 30.1 Å². The van der Waals surface area contributed by atoms with E-state index in [-0.39, 0.29) is 5.82 Å². The first-order chi connectivity index (χ1) is 15.7. The van der Waals surface area contributed by atoms with Gasteiger partial charge in [0, 0.05) is 40.5 Å². The second kappa shape index (κ2) is 7.09. The Morgan fingerprint density at radius 2 is 1.75 bits per heavy atom. The molecule has 0 aliphatic heterocycles. The number of hydrogen-bond donors (Lipinski definition) is 2. The van der Waals surface area contributed by atoms with E-state index in [1.54, 1.807) is 30.9 Å². The van der Waals surface area contributed by atoms with Crippen LogP contribution in [0.2, 0.25) is 0 Å². The van der Waals surface area contributed by atoms with Gasteiger partial charge >= 0.3 is 0 Å². The van der Waals surface area contributed by atoms with Crippen molar-refractivity contribution < 1.29 is 4.39 Å². The first-order valence-electron chi connectivity index (χ1n) is 10.2. The molecule has 6 nitrogen and oxygen atoms in total. The molecule has 0 unspecified atom stereocenters. The van der Waals surface area contributed by atoms with Crippen molar-refractivity contribution in [3.8, 4) is 33.8 Å². The molecule has 0 amide bonds. The Morgan fingerprint density at radius 1 is 0.844 bits per heavy atom. The van der Waals surface area contributed by atoms with Gasteiger partial charge in [-0.3, -0.25) is 20.1 Å². The summed E-state index contributed by atoms with van der Waals surface area (Å²) in [5.41, 5.74) is 7.89. The van der Waals surface area contributed by atoms with Crippen LogP contribution in [0.15, 0.2) is 73.4 Å². The summed E-state index contributed by atoms with van der Waals surface area (Å²) >= 11 is 0. The third kappa shape index (κ3) is 2.94. The van der Waals surface area contributed by atoms with Gasteiger partial charge < -0.3 is 4.98 Å². The number of H-pyrrole nitrogens is 2. The molecule has 1 aromatic carbocycles. The Kier molecular flexibility index (Phi) is 4.07. The van der Waals surface area contributed by atoms with Crippen LogP contribution in [0.1, 0.15) is 5.56 Å². The van der Waals surface area contributed by atoms with Gasteiger partial charge in [0.1, 0.15) is 11.5 Å². The molecular weight excluding hydrogens is 403 g/mol. The highest BCUT2D eigenvalue weighted by Gasteiger charge is 2.15. The lowest BCUT2D eigenvalue weighted by Crippen LogP contribution is -1.88. The molecule has 0 radical (unpaired) electrons. The van der Waals surface area contributed by atoms with Gasteiger partial charge in [-0.25, -0.2) is 4.39 Å². The molecule has 0 aliphatic carbocycles. The van der Waals surface area contributed by atoms with Crippen LogP contribution in [0.4, 0.5) is 4.39 Å². The second-order valence-electron chi connectivity index (χ2n) is 7.72. The topological polar surface area (TPSA) is 83.1 Å². The summed E-state index contributed by atoms with van der Waals surface area (Å²) in [6.45, 7) is 2.04. The van der Waals surface area contributed by atoms with Crippen molar-refractivity contribution in [2.75, 3.05) is 0 Å². The number of pyridine rings is 3. The Morgan fingerprint density at radius 3 is 2.62 bits per heavy atom. The van der Waals surface area contributed by atoms with Crippen molar-refractivity contribution in [3.63, 3.8) is 0 Å². The number of nitrogens with zero attached hydrogens (tertiary/aromatic N) is 4. The number of aromatic nitrogens is 6. The number of fused-ring (bicyclic) bond motifs is 2. The van der Waals surface area contributed by atoms with Crippen LogP contribution in [-0.2, 0) is 0 Å². The van der Waals surface area contributed by atoms with Crippen molar-refractivity contribution in [3.05, 3.63) is 84.8 Å². The number of hydrogen-bond acceptors (Lipinski definition) is 4. The average Bonchev–Trinajstić information content (AvgIpc) is 3.42. The summed E-state index contributed by atoms with van der Waals surface area (Å²) in [4.78, 5) is 16.6. The van der Waals surface area contributed by atoms with E-state index in [1.165, 1.54) is 12.1 Å². The fourth-order valence-electron chi connectivity index (χ4n) is 4.07. The minimum absolute atomic E-state index is 0.278. The number of aryl methyl sites for hydroxylation is 1. The van der Waals surface area contributed by atoms with Crippen LogP contribution in [0.25, 0.3) is 55.6 Å². The minimum Gasteiger partial charge on any atom is -0.352 e. The van der Waals surface area contributed by atoms with E-state index in [9.17, 15) is 4.39 Å². The molecule has 0 saturated heterocycles. The zero-order chi connectivity index (χ0) is 21.7. The number of rotatable bonds is 3. The molecule has 0 bridgehead atoms.